The van der Waals surface area contributed by atoms with E-state index < -0.39 is 0 Å². The van der Waals surface area contributed by atoms with Crippen molar-refractivity contribution >= 4 is 11.7 Å². The molecule has 7 nitrogen and oxygen atoms in total. The minimum atomic E-state index is 0.0167. The van der Waals surface area contributed by atoms with Gasteiger partial charge in [0.25, 0.3) is 11.8 Å². The Morgan fingerprint density at radius 3 is 2.64 bits per heavy atom. The summed E-state index contributed by atoms with van der Waals surface area (Å²) in [6.07, 6.45) is 6.88. The van der Waals surface area contributed by atoms with E-state index in [0.29, 0.717) is 17.5 Å². The molecule has 0 bridgehead atoms. The molecule has 132 valence electrons. The minimum Gasteiger partial charge on any atom is -0.478 e. The first-order valence-electron chi connectivity index (χ1n) is 8.45. The predicted octanol–water partition coefficient (Wildman–Crippen LogP) is 1.87. The zero-order valence-corrected chi connectivity index (χ0v) is 14.6. The van der Waals surface area contributed by atoms with E-state index in [1.165, 1.54) is 0 Å². The molecule has 0 N–H and O–H groups in total. The van der Waals surface area contributed by atoms with Crippen molar-refractivity contribution in [3.63, 3.8) is 0 Å². The Bertz CT molecular complexity index is 702. The first kappa shape index (κ1) is 17.1. The number of nitrogens with zero attached hydrogens (tertiary/aromatic N) is 5. The van der Waals surface area contributed by atoms with Gasteiger partial charge in [-0.3, -0.25) is 9.78 Å². The molecule has 3 rings (SSSR count). The summed E-state index contributed by atoms with van der Waals surface area (Å²) < 4.78 is 5.28. The van der Waals surface area contributed by atoms with E-state index in [-0.39, 0.29) is 5.91 Å². The van der Waals surface area contributed by atoms with Crippen LogP contribution in [0, 0.1) is 5.92 Å². The third-order valence-corrected chi connectivity index (χ3v) is 4.52. The van der Waals surface area contributed by atoms with Gasteiger partial charge in [0, 0.05) is 45.3 Å². The largest absolute Gasteiger partial charge is 0.478 e. The van der Waals surface area contributed by atoms with Gasteiger partial charge in [0.2, 0.25) is 0 Å². The van der Waals surface area contributed by atoms with Crippen molar-refractivity contribution in [2.45, 2.75) is 12.8 Å². The second-order valence-corrected chi connectivity index (χ2v) is 6.22. The number of amides is 1. The topological polar surface area (TPSA) is 71.5 Å². The fourth-order valence-electron chi connectivity index (χ4n) is 3.17. The predicted molar refractivity (Wildman–Crippen MR) is 94.7 cm³/mol. The molecule has 0 aliphatic carbocycles. The van der Waals surface area contributed by atoms with Gasteiger partial charge in [0.15, 0.2) is 5.82 Å². The summed E-state index contributed by atoms with van der Waals surface area (Å²) >= 11 is 0. The summed E-state index contributed by atoms with van der Waals surface area (Å²) in [5.74, 6) is 1.80. The van der Waals surface area contributed by atoms with Gasteiger partial charge in [-0.1, -0.05) is 6.07 Å². The number of methoxy groups -OCH3 is 1. The number of carbonyl (C=O) groups excluding carboxylic acids is 1. The van der Waals surface area contributed by atoms with Crippen LogP contribution in [-0.4, -0.2) is 59.6 Å². The van der Waals surface area contributed by atoms with Crippen molar-refractivity contribution in [1.82, 2.24) is 19.9 Å². The number of hydrogen-bond acceptors (Lipinski definition) is 6. The van der Waals surface area contributed by atoms with Gasteiger partial charge in [-0.05, 0) is 30.9 Å². The first-order chi connectivity index (χ1) is 12.2. The van der Waals surface area contributed by atoms with Crippen LogP contribution >= 0.6 is 0 Å². The molecule has 1 saturated heterocycles. The molecule has 0 atom stereocenters. The lowest BCUT2D eigenvalue weighted by Crippen LogP contribution is -2.41. The molecule has 0 spiro atoms. The van der Waals surface area contributed by atoms with E-state index in [9.17, 15) is 4.79 Å². The maximum absolute atomic E-state index is 12.5. The number of pyridine rings is 1. The summed E-state index contributed by atoms with van der Waals surface area (Å²) in [7, 11) is 3.60. The lowest BCUT2D eigenvalue weighted by atomic mass is 9.96. The standard InChI is InChI=1S/C18H23N5O2/c1-22(16-17(25-2)21-10-9-20-16)13-14-6-11-23(12-7-14)18(24)15-5-3-4-8-19-15/h3-5,8-10,14H,6-7,11-13H2,1-2H3. The number of carbonyl (C=O) groups is 1. The van der Waals surface area contributed by atoms with Gasteiger partial charge in [0.05, 0.1) is 7.11 Å². The Hall–Kier alpha value is -2.70. The van der Waals surface area contributed by atoms with E-state index in [4.69, 9.17) is 4.74 Å². The lowest BCUT2D eigenvalue weighted by molar-refractivity contribution is 0.0687. The van der Waals surface area contributed by atoms with Crippen molar-refractivity contribution in [2.75, 3.05) is 38.7 Å². The summed E-state index contributed by atoms with van der Waals surface area (Å²) in [5.41, 5.74) is 0.516. The van der Waals surface area contributed by atoms with Crippen molar-refractivity contribution in [3.8, 4) is 5.88 Å². The second kappa shape index (κ2) is 7.92. The molecule has 7 heteroatoms. The molecule has 2 aromatic heterocycles. The van der Waals surface area contributed by atoms with Gasteiger partial charge < -0.3 is 14.5 Å². The molecule has 0 unspecified atom stereocenters. The minimum absolute atomic E-state index is 0.0167. The summed E-state index contributed by atoms with van der Waals surface area (Å²) in [6, 6.07) is 5.43. The number of aromatic nitrogens is 3. The van der Waals surface area contributed by atoms with E-state index in [2.05, 4.69) is 19.9 Å². The SMILES string of the molecule is COc1nccnc1N(C)CC1CCN(C(=O)c2ccccn2)CC1. The van der Waals surface area contributed by atoms with Crippen LogP contribution in [-0.2, 0) is 0 Å². The molecular formula is C18H23N5O2. The quantitative estimate of drug-likeness (QED) is 0.827. The summed E-state index contributed by atoms with van der Waals surface area (Å²) in [6.45, 7) is 2.37. The van der Waals surface area contributed by atoms with Gasteiger partial charge >= 0.3 is 0 Å². The maximum Gasteiger partial charge on any atom is 0.272 e. The van der Waals surface area contributed by atoms with E-state index in [1.54, 1.807) is 31.8 Å². The lowest BCUT2D eigenvalue weighted by Gasteiger charge is -2.34. The van der Waals surface area contributed by atoms with Crippen molar-refractivity contribution < 1.29 is 9.53 Å². The highest BCUT2D eigenvalue weighted by molar-refractivity contribution is 5.92. The molecule has 2 aromatic rings. The van der Waals surface area contributed by atoms with Crippen LogP contribution < -0.4 is 9.64 Å². The van der Waals surface area contributed by atoms with Crippen LogP contribution in [0.25, 0.3) is 0 Å². The van der Waals surface area contributed by atoms with Gasteiger partial charge in [-0.2, -0.15) is 0 Å². The van der Waals surface area contributed by atoms with Crippen LogP contribution in [0.15, 0.2) is 36.8 Å². The third-order valence-electron chi connectivity index (χ3n) is 4.52. The van der Waals surface area contributed by atoms with Gasteiger partial charge in [-0.25, -0.2) is 9.97 Å². The Kier molecular flexibility index (Phi) is 5.42. The fraction of sp³-hybridized carbons (Fsp3) is 0.444. The van der Waals surface area contributed by atoms with Crippen molar-refractivity contribution in [1.29, 1.82) is 0 Å². The molecular weight excluding hydrogens is 318 g/mol. The normalized spacial score (nSPS) is 15.0. The molecule has 1 aliphatic rings. The molecule has 1 fully saturated rings. The molecule has 0 aromatic carbocycles. The highest BCUT2D eigenvalue weighted by Crippen LogP contribution is 2.25. The van der Waals surface area contributed by atoms with Gasteiger partial charge in [0.1, 0.15) is 5.69 Å². The van der Waals surface area contributed by atoms with E-state index in [0.717, 1.165) is 38.3 Å². The number of rotatable bonds is 5. The molecule has 25 heavy (non-hydrogen) atoms. The summed E-state index contributed by atoms with van der Waals surface area (Å²) in [5, 5.41) is 0. The Balaban J connectivity index is 1.55. The number of piperidine rings is 1. The number of ether oxygens (including phenoxy) is 1. The Morgan fingerprint density at radius 2 is 1.96 bits per heavy atom. The zero-order valence-electron chi connectivity index (χ0n) is 14.6. The Labute approximate surface area is 147 Å². The second-order valence-electron chi connectivity index (χ2n) is 6.22. The van der Waals surface area contributed by atoms with Crippen LogP contribution in [0.1, 0.15) is 23.3 Å². The average molecular weight is 341 g/mol. The van der Waals surface area contributed by atoms with Crippen LogP contribution in [0.2, 0.25) is 0 Å². The molecule has 0 saturated carbocycles. The first-order valence-corrected chi connectivity index (χ1v) is 8.45. The van der Waals surface area contributed by atoms with Crippen LogP contribution in [0.3, 0.4) is 0 Å². The van der Waals surface area contributed by atoms with Crippen LogP contribution in [0.4, 0.5) is 5.82 Å². The van der Waals surface area contributed by atoms with E-state index in [1.807, 2.05) is 24.1 Å². The Morgan fingerprint density at radius 1 is 1.20 bits per heavy atom. The molecule has 0 radical (unpaired) electrons. The average Bonchev–Trinajstić information content (AvgIpc) is 2.68. The molecule has 1 amide bonds. The maximum atomic E-state index is 12.5. The smallest absolute Gasteiger partial charge is 0.272 e. The summed E-state index contributed by atoms with van der Waals surface area (Å²) in [4.78, 5) is 29.1. The number of hydrogen-bond donors (Lipinski definition) is 0. The highest BCUT2D eigenvalue weighted by Gasteiger charge is 2.25. The molecule has 3 heterocycles. The number of likely N-dealkylation sites (tertiary alicyclic amines) is 1. The monoisotopic (exact) mass is 341 g/mol. The number of anilines is 1. The zero-order chi connectivity index (χ0) is 17.6. The highest BCUT2D eigenvalue weighted by atomic mass is 16.5. The van der Waals surface area contributed by atoms with Crippen molar-refractivity contribution in [2.24, 2.45) is 5.92 Å². The van der Waals surface area contributed by atoms with Gasteiger partial charge in [-0.15, -0.1) is 0 Å². The van der Waals surface area contributed by atoms with Crippen molar-refractivity contribution in [3.05, 3.63) is 42.5 Å². The van der Waals surface area contributed by atoms with E-state index >= 15 is 0 Å². The molecule has 1 aliphatic heterocycles. The third kappa shape index (κ3) is 4.04. The van der Waals surface area contributed by atoms with Crippen LogP contribution in [0.5, 0.6) is 5.88 Å². The fourth-order valence-corrected chi connectivity index (χ4v) is 3.17.